The topological polar surface area (TPSA) is 81.2 Å². The van der Waals surface area contributed by atoms with E-state index in [9.17, 15) is 14.0 Å². The Kier molecular flexibility index (Phi) is 6.27. The van der Waals surface area contributed by atoms with E-state index in [-0.39, 0.29) is 17.3 Å². The van der Waals surface area contributed by atoms with Gasteiger partial charge in [0, 0.05) is 0 Å². The molecule has 0 bridgehead atoms. The molecule has 1 atom stereocenters. The van der Waals surface area contributed by atoms with E-state index in [1.807, 2.05) is 0 Å². The molecule has 0 saturated heterocycles. The maximum atomic E-state index is 14.0. The van der Waals surface area contributed by atoms with Gasteiger partial charge in [0.05, 0.1) is 11.7 Å². The van der Waals surface area contributed by atoms with Gasteiger partial charge in [-0.05, 0) is 41.0 Å². The van der Waals surface area contributed by atoms with Crippen LogP contribution >= 0.6 is 11.6 Å². The summed E-state index contributed by atoms with van der Waals surface area (Å²) in [5.41, 5.74) is -1.94. The summed E-state index contributed by atoms with van der Waals surface area (Å²) < 4.78 is 19.2. The van der Waals surface area contributed by atoms with Crippen molar-refractivity contribution < 1.29 is 18.7 Å². The first-order valence-electron chi connectivity index (χ1n) is 7.60. The van der Waals surface area contributed by atoms with Crippen molar-refractivity contribution >= 4 is 23.5 Å². The number of rotatable bonds is 5. The summed E-state index contributed by atoms with van der Waals surface area (Å²) in [7, 11) is 0. The van der Waals surface area contributed by atoms with Gasteiger partial charge in [-0.2, -0.15) is 4.39 Å². The molecule has 1 aromatic heterocycles. The number of carbonyl (C=O) groups is 2. The van der Waals surface area contributed by atoms with Crippen LogP contribution in [0.25, 0.3) is 0 Å². The molecule has 1 amide bonds. The maximum Gasteiger partial charge on any atom is 0.318 e. The van der Waals surface area contributed by atoms with E-state index < -0.39 is 34.9 Å². The van der Waals surface area contributed by atoms with Crippen molar-refractivity contribution in [3.05, 3.63) is 23.0 Å². The van der Waals surface area contributed by atoms with Gasteiger partial charge in [0.25, 0.3) is 0 Å². The number of hydrogen-bond acceptors (Lipinski definition) is 5. The number of nitrogens with one attached hydrogen (secondary N) is 1. The first-order chi connectivity index (χ1) is 10.9. The molecule has 0 aliphatic heterocycles. The van der Waals surface area contributed by atoms with E-state index in [1.54, 1.807) is 41.5 Å². The minimum absolute atomic E-state index is 0.0701. The molecule has 0 aromatic carbocycles. The Morgan fingerprint density at radius 1 is 1.33 bits per heavy atom. The molecule has 6 nitrogen and oxygen atoms in total. The quantitative estimate of drug-likeness (QED) is 0.645. The molecule has 0 fully saturated rings. The first-order valence-corrected chi connectivity index (χ1v) is 7.98. The Labute approximate surface area is 146 Å². The zero-order valence-electron chi connectivity index (χ0n) is 14.7. The molecule has 1 heterocycles. The predicted molar refractivity (Wildman–Crippen MR) is 87.8 cm³/mol. The van der Waals surface area contributed by atoms with Gasteiger partial charge in [-0.1, -0.05) is 18.5 Å². The summed E-state index contributed by atoms with van der Waals surface area (Å²) >= 11 is 5.59. The Bertz CT molecular complexity index is 629. The van der Waals surface area contributed by atoms with E-state index in [0.29, 0.717) is 0 Å². The van der Waals surface area contributed by atoms with E-state index in [1.165, 1.54) is 6.20 Å². The predicted octanol–water partition coefficient (Wildman–Crippen LogP) is 2.99. The summed E-state index contributed by atoms with van der Waals surface area (Å²) in [4.78, 5) is 32.0. The van der Waals surface area contributed by atoms with Gasteiger partial charge in [0.2, 0.25) is 11.9 Å². The number of esters is 1. The highest BCUT2D eigenvalue weighted by atomic mass is 35.5. The van der Waals surface area contributed by atoms with E-state index in [0.717, 1.165) is 0 Å². The summed E-state index contributed by atoms with van der Waals surface area (Å²) in [6.45, 7) is 9.99. The lowest BCUT2D eigenvalue weighted by Crippen LogP contribution is -2.47. The Hall–Kier alpha value is -1.76. The van der Waals surface area contributed by atoms with Gasteiger partial charge in [0.1, 0.15) is 17.2 Å². The molecule has 0 spiro atoms. The van der Waals surface area contributed by atoms with Crippen molar-refractivity contribution in [2.75, 3.05) is 0 Å². The van der Waals surface area contributed by atoms with Crippen molar-refractivity contribution in [3.63, 3.8) is 0 Å². The molecule has 0 saturated carbocycles. The average molecular weight is 360 g/mol. The monoisotopic (exact) mass is 359 g/mol. The molecule has 1 N–H and O–H groups in total. The second-order valence-corrected chi connectivity index (χ2v) is 7.33. The molecule has 1 unspecified atom stereocenters. The molecule has 8 heteroatoms. The van der Waals surface area contributed by atoms with Crippen LogP contribution in [-0.2, 0) is 19.9 Å². The molecule has 134 valence electrons. The normalized spacial score (nSPS) is 13.3. The highest BCUT2D eigenvalue weighted by Gasteiger charge is 2.35. The van der Waals surface area contributed by atoms with Crippen LogP contribution in [0.1, 0.15) is 53.7 Å². The Balaban J connectivity index is 2.95. The lowest BCUT2D eigenvalue weighted by atomic mass is 9.97. The van der Waals surface area contributed by atoms with E-state index in [4.69, 9.17) is 16.3 Å². The van der Waals surface area contributed by atoms with Crippen LogP contribution in [0.15, 0.2) is 6.20 Å². The molecule has 24 heavy (non-hydrogen) atoms. The van der Waals surface area contributed by atoms with Crippen LogP contribution in [0, 0.1) is 11.9 Å². The number of aromatic nitrogens is 2. The summed E-state index contributed by atoms with van der Waals surface area (Å²) in [5, 5.41) is 2.54. The molecular weight excluding hydrogens is 337 g/mol. The zero-order valence-corrected chi connectivity index (χ0v) is 15.5. The van der Waals surface area contributed by atoms with E-state index >= 15 is 0 Å². The molecule has 1 aromatic rings. The van der Waals surface area contributed by atoms with Crippen LogP contribution in [0.5, 0.6) is 0 Å². The van der Waals surface area contributed by atoms with Crippen LogP contribution in [0.2, 0.25) is 5.15 Å². The molecule has 0 aliphatic rings. The van der Waals surface area contributed by atoms with Gasteiger partial charge < -0.3 is 10.1 Å². The fraction of sp³-hybridized carbons (Fsp3) is 0.625. The van der Waals surface area contributed by atoms with Crippen molar-refractivity contribution in [2.24, 2.45) is 5.92 Å². The number of ether oxygens (including phenoxy) is 1. The smallest absolute Gasteiger partial charge is 0.318 e. The van der Waals surface area contributed by atoms with Crippen LogP contribution in [0.4, 0.5) is 4.39 Å². The third-order valence-corrected chi connectivity index (χ3v) is 3.33. The summed E-state index contributed by atoms with van der Waals surface area (Å²) in [6, 6.07) is 0. The molecule has 1 rings (SSSR count). The van der Waals surface area contributed by atoms with E-state index in [2.05, 4.69) is 15.3 Å². The molecular formula is C16H23ClFN3O3. The van der Waals surface area contributed by atoms with Gasteiger partial charge >= 0.3 is 5.97 Å². The number of halogens is 2. The second-order valence-electron chi connectivity index (χ2n) is 6.94. The lowest BCUT2D eigenvalue weighted by Gasteiger charge is -2.28. The average Bonchev–Trinajstić information content (AvgIpc) is 2.35. The van der Waals surface area contributed by atoms with Crippen molar-refractivity contribution in [3.8, 4) is 0 Å². The second kappa shape index (κ2) is 7.42. The number of nitrogens with zero attached hydrogens (tertiary/aromatic N) is 2. The minimum Gasteiger partial charge on any atom is -0.459 e. The highest BCUT2D eigenvalue weighted by Crippen LogP contribution is 2.22. The van der Waals surface area contributed by atoms with Crippen LogP contribution in [-0.4, -0.2) is 27.4 Å². The number of carbonyl (C=O) groups excluding carboxylic acids is 2. The Morgan fingerprint density at radius 2 is 1.92 bits per heavy atom. The summed E-state index contributed by atoms with van der Waals surface area (Å²) in [6.07, 6.45) is 1.45. The maximum absolute atomic E-state index is 14.0. The van der Waals surface area contributed by atoms with Crippen molar-refractivity contribution in [1.82, 2.24) is 15.3 Å². The standard InChI is InChI=1S/C16H23ClFN3O3/c1-7-9(14(23)24-15(2,3)4)13(22)21-16(5,6)11-12(18)20-10(17)8-19-11/h8-9H,7H2,1-6H3,(H,21,22). The largest absolute Gasteiger partial charge is 0.459 e. The van der Waals surface area contributed by atoms with Crippen molar-refractivity contribution in [2.45, 2.75) is 59.1 Å². The van der Waals surface area contributed by atoms with Gasteiger partial charge in [0.15, 0.2) is 5.15 Å². The number of hydrogen-bond donors (Lipinski definition) is 1. The van der Waals surface area contributed by atoms with Crippen LogP contribution < -0.4 is 5.32 Å². The molecule has 0 radical (unpaired) electrons. The fourth-order valence-corrected chi connectivity index (χ4v) is 2.18. The SMILES string of the molecule is CCC(C(=O)NC(C)(C)c1ncc(Cl)nc1F)C(=O)OC(C)(C)C. The highest BCUT2D eigenvalue weighted by molar-refractivity contribution is 6.29. The van der Waals surface area contributed by atoms with Crippen LogP contribution in [0.3, 0.4) is 0 Å². The lowest BCUT2D eigenvalue weighted by molar-refractivity contribution is -0.162. The third kappa shape index (κ3) is 5.40. The third-order valence-electron chi connectivity index (χ3n) is 3.14. The zero-order chi connectivity index (χ0) is 18.7. The fourth-order valence-electron chi connectivity index (χ4n) is 2.05. The minimum atomic E-state index is -1.17. The Morgan fingerprint density at radius 3 is 2.38 bits per heavy atom. The molecule has 0 aliphatic carbocycles. The summed E-state index contributed by atoms with van der Waals surface area (Å²) in [5.74, 6) is -3.06. The van der Waals surface area contributed by atoms with Crippen molar-refractivity contribution in [1.29, 1.82) is 0 Å². The van der Waals surface area contributed by atoms with Gasteiger partial charge in [-0.3, -0.25) is 14.6 Å². The number of amides is 1. The first kappa shape index (κ1) is 20.3. The van der Waals surface area contributed by atoms with Gasteiger partial charge in [-0.15, -0.1) is 0 Å². The van der Waals surface area contributed by atoms with Gasteiger partial charge in [-0.25, -0.2) is 4.98 Å².